The monoisotopic (exact) mass is 246 g/mol. The molecule has 1 aliphatic heterocycles. The third-order valence-electron chi connectivity index (χ3n) is 3.24. The number of pyridine rings is 1. The molecule has 1 aromatic rings. The highest BCUT2D eigenvalue weighted by atomic mass is 16.5. The van der Waals surface area contributed by atoms with E-state index in [2.05, 4.69) is 21.7 Å². The molecule has 1 aromatic heterocycles. The maximum Gasteiger partial charge on any atom is 0.144 e. The van der Waals surface area contributed by atoms with Gasteiger partial charge >= 0.3 is 0 Å². The average molecular weight is 246 g/mol. The van der Waals surface area contributed by atoms with Gasteiger partial charge < -0.3 is 15.4 Å². The van der Waals surface area contributed by atoms with Crippen molar-refractivity contribution < 1.29 is 4.74 Å². The first kappa shape index (κ1) is 12.8. The van der Waals surface area contributed by atoms with Gasteiger partial charge in [-0.1, -0.05) is 0 Å². The van der Waals surface area contributed by atoms with Crippen LogP contribution in [0, 0.1) is 25.2 Å². The highest BCUT2D eigenvalue weighted by Crippen LogP contribution is 2.20. The van der Waals surface area contributed by atoms with Gasteiger partial charge in [0.15, 0.2) is 0 Å². The Hall–Kier alpha value is -1.64. The lowest BCUT2D eigenvalue weighted by atomic mass is 10.1. The number of nitrogens with one attached hydrogen (secondary N) is 2. The van der Waals surface area contributed by atoms with Crippen molar-refractivity contribution in [3.8, 4) is 6.07 Å². The number of nitriles is 1. The SMILES string of the molecule is CO[C@H]1CNCC1Nc1nc(C)cc(C)c1C#N. The largest absolute Gasteiger partial charge is 0.378 e. The zero-order valence-corrected chi connectivity index (χ0v) is 10.9. The van der Waals surface area contributed by atoms with Gasteiger partial charge in [0.05, 0.1) is 17.7 Å². The molecule has 2 atom stereocenters. The van der Waals surface area contributed by atoms with Crippen LogP contribution in [0.2, 0.25) is 0 Å². The molecule has 2 heterocycles. The van der Waals surface area contributed by atoms with Gasteiger partial charge in [-0.25, -0.2) is 4.98 Å². The number of hydrogen-bond donors (Lipinski definition) is 2. The standard InChI is InChI=1S/C13H18N4O/c1-8-4-9(2)16-13(10(8)5-14)17-11-6-15-7-12(11)18-3/h4,11-12,15H,6-7H2,1-3H3,(H,16,17)/t11?,12-/m0/s1. The molecule has 0 saturated carbocycles. The summed E-state index contributed by atoms with van der Waals surface area (Å²) in [6.07, 6.45) is 0.110. The number of ether oxygens (including phenoxy) is 1. The van der Waals surface area contributed by atoms with Crippen molar-refractivity contribution in [3.63, 3.8) is 0 Å². The van der Waals surface area contributed by atoms with Crippen LogP contribution in [0.3, 0.4) is 0 Å². The number of aryl methyl sites for hydroxylation is 2. The molecule has 5 heteroatoms. The Bertz CT molecular complexity index is 481. The maximum absolute atomic E-state index is 9.21. The number of anilines is 1. The van der Waals surface area contributed by atoms with Crippen molar-refractivity contribution in [2.75, 3.05) is 25.5 Å². The Morgan fingerprint density at radius 1 is 1.50 bits per heavy atom. The van der Waals surface area contributed by atoms with Gasteiger partial charge in [-0.05, 0) is 25.5 Å². The van der Waals surface area contributed by atoms with E-state index in [0.29, 0.717) is 11.4 Å². The van der Waals surface area contributed by atoms with Gasteiger partial charge in [0, 0.05) is 25.9 Å². The fourth-order valence-electron chi connectivity index (χ4n) is 2.30. The molecule has 0 radical (unpaired) electrons. The Labute approximate surface area is 107 Å². The van der Waals surface area contributed by atoms with E-state index in [9.17, 15) is 5.26 Å². The Morgan fingerprint density at radius 3 is 2.94 bits per heavy atom. The van der Waals surface area contributed by atoms with Gasteiger partial charge in [0.1, 0.15) is 11.9 Å². The van der Waals surface area contributed by atoms with Crippen molar-refractivity contribution in [2.45, 2.75) is 26.0 Å². The zero-order chi connectivity index (χ0) is 13.1. The minimum Gasteiger partial charge on any atom is -0.378 e. The predicted molar refractivity (Wildman–Crippen MR) is 69.5 cm³/mol. The maximum atomic E-state index is 9.21. The Morgan fingerprint density at radius 2 is 2.28 bits per heavy atom. The van der Waals surface area contributed by atoms with Crippen LogP contribution >= 0.6 is 0 Å². The fourth-order valence-corrected chi connectivity index (χ4v) is 2.30. The van der Waals surface area contributed by atoms with E-state index in [4.69, 9.17) is 4.74 Å². The second-order valence-corrected chi connectivity index (χ2v) is 4.60. The number of aromatic nitrogens is 1. The Kier molecular flexibility index (Phi) is 3.80. The smallest absolute Gasteiger partial charge is 0.144 e. The van der Waals surface area contributed by atoms with Gasteiger partial charge in [0.25, 0.3) is 0 Å². The van der Waals surface area contributed by atoms with Crippen molar-refractivity contribution in [1.29, 1.82) is 5.26 Å². The second kappa shape index (κ2) is 5.34. The molecule has 0 aromatic carbocycles. The van der Waals surface area contributed by atoms with Crippen LogP contribution in [0.4, 0.5) is 5.82 Å². The molecule has 0 bridgehead atoms. The van der Waals surface area contributed by atoms with Crippen LogP contribution in [-0.4, -0.2) is 37.3 Å². The van der Waals surface area contributed by atoms with E-state index in [1.165, 1.54) is 0 Å². The molecule has 1 saturated heterocycles. The van der Waals surface area contributed by atoms with Gasteiger partial charge in [0.2, 0.25) is 0 Å². The highest BCUT2D eigenvalue weighted by molar-refractivity contribution is 5.57. The fraction of sp³-hybridized carbons (Fsp3) is 0.538. The summed E-state index contributed by atoms with van der Waals surface area (Å²) in [5.41, 5.74) is 2.48. The summed E-state index contributed by atoms with van der Waals surface area (Å²) >= 11 is 0. The van der Waals surface area contributed by atoms with Gasteiger partial charge in [-0.3, -0.25) is 0 Å². The van der Waals surface area contributed by atoms with Crippen LogP contribution in [0.15, 0.2) is 6.07 Å². The summed E-state index contributed by atoms with van der Waals surface area (Å²) in [5.74, 6) is 0.658. The lowest BCUT2D eigenvalue weighted by molar-refractivity contribution is 0.111. The van der Waals surface area contributed by atoms with Crippen LogP contribution in [0.1, 0.15) is 16.8 Å². The van der Waals surface area contributed by atoms with E-state index in [0.717, 1.165) is 24.3 Å². The van der Waals surface area contributed by atoms with E-state index < -0.39 is 0 Å². The first-order chi connectivity index (χ1) is 8.65. The molecular formula is C13H18N4O. The van der Waals surface area contributed by atoms with E-state index in [1.807, 2.05) is 19.9 Å². The van der Waals surface area contributed by atoms with Gasteiger partial charge in [-0.2, -0.15) is 5.26 Å². The van der Waals surface area contributed by atoms with Crippen LogP contribution in [0.25, 0.3) is 0 Å². The van der Waals surface area contributed by atoms with Crippen LogP contribution in [0.5, 0.6) is 0 Å². The quantitative estimate of drug-likeness (QED) is 0.831. The van der Waals surface area contributed by atoms with Crippen molar-refractivity contribution in [1.82, 2.24) is 10.3 Å². The minimum absolute atomic E-state index is 0.110. The predicted octanol–water partition coefficient (Wildman–Crippen LogP) is 0.969. The summed E-state index contributed by atoms with van der Waals surface area (Å²) in [4.78, 5) is 4.42. The minimum atomic E-state index is 0.110. The third-order valence-corrected chi connectivity index (χ3v) is 3.24. The number of methoxy groups -OCH3 is 1. The Balaban J connectivity index is 2.26. The molecule has 5 nitrogen and oxygen atoms in total. The highest BCUT2D eigenvalue weighted by Gasteiger charge is 2.27. The van der Waals surface area contributed by atoms with E-state index >= 15 is 0 Å². The molecular weight excluding hydrogens is 228 g/mol. The lowest BCUT2D eigenvalue weighted by Gasteiger charge is -2.20. The third kappa shape index (κ3) is 2.45. The van der Waals surface area contributed by atoms with Crippen molar-refractivity contribution >= 4 is 5.82 Å². The zero-order valence-electron chi connectivity index (χ0n) is 10.9. The number of rotatable bonds is 3. The molecule has 0 aliphatic carbocycles. The summed E-state index contributed by atoms with van der Waals surface area (Å²) in [7, 11) is 1.70. The molecule has 18 heavy (non-hydrogen) atoms. The summed E-state index contributed by atoms with van der Waals surface area (Å²) in [5, 5.41) is 15.8. The second-order valence-electron chi connectivity index (χ2n) is 4.60. The number of nitrogens with zero attached hydrogens (tertiary/aromatic N) is 2. The molecule has 1 aliphatic rings. The van der Waals surface area contributed by atoms with Crippen molar-refractivity contribution in [2.24, 2.45) is 0 Å². The molecule has 1 fully saturated rings. The summed E-state index contributed by atoms with van der Waals surface area (Å²) in [6, 6.07) is 4.28. The normalized spacial score (nSPS) is 22.8. The molecule has 0 spiro atoms. The molecule has 0 amide bonds. The molecule has 1 unspecified atom stereocenters. The van der Waals surface area contributed by atoms with E-state index in [1.54, 1.807) is 7.11 Å². The average Bonchev–Trinajstić information content (AvgIpc) is 2.76. The summed E-state index contributed by atoms with van der Waals surface area (Å²) in [6.45, 7) is 5.50. The molecule has 2 rings (SSSR count). The van der Waals surface area contributed by atoms with Crippen LogP contribution in [-0.2, 0) is 4.74 Å². The van der Waals surface area contributed by atoms with Crippen molar-refractivity contribution in [3.05, 3.63) is 22.9 Å². The summed E-state index contributed by atoms with van der Waals surface area (Å²) < 4.78 is 5.39. The van der Waals surface area contributed by atoms with Gasteiger partial charge in [-0.15, -0.1) is 0 Å². The molecule has 2 N–H and O–H groups in total. The lowest BCUT2D eigenvalue weighted by Crippen LogP contribution is -2.34. The number of hydrogen-bond acceptors (Lipinski definition) is 5. The molecule has 96 valence electrons. The first-order valence-electron chi connectivity index (χ1n) is 6.04. The topological polar surface area (TPSA) is 70.0 Å². The van der Waals surface area contributed by atoms with Crippen LogP contribution < -0.4 is 10.6 Å². The van der Waals surface area contributed by atoms with E-state index in [-0.39, 0.29) is 12.1 Å². The first-order valence-corrected chi connectivity index (χ1v) is 6.04.